The van der Waals surface area contributed by atoms with Crippen LogP contribution in [0.4, 0.5) is 8.78 Å². The lowest BCUT2D eigenvalue weighted by molar-refractivity contribution is -0.0590. The van der Waals surface area contributed by atoms with E-state index >= 15 is 0 Å². The number of hydrogen-bond acceptors (Lipinski definition) is 3. The molecule has 2 N–H and O–H groups in total. The SMILES string of the molecule is C=C(F)/C(N)=C\C=C(/CF)N1C[C@@H](C)O[C@@H](C)C1. The summed E-state index contributed by atoms with van der Waals surface area (Å²) in [5.74, 6) is -0.715. The van der Waals surface area contributed by atoms with Crippen LogP contribution in [0.1, 0.15) is 13.8 Å². The van der Waals surface area contributed by atoms with Crippen molar-refractivity contribution in [3.63, 3.8) is 0 Å². The molecular formula is C13H20F2N2O. The van der Waals surface area contributed by atoms with Crippen LogP contribution in [-0.4, -0.2) is 36.9 Å². The Bertz CT molecular complexity index is 356. The third-order valence-electron chi connectivity index (χ3n) is 2.73. The molecule has 1 fully saturated rings. The molecule has 0 aromatic rings. The summed E-state index contributed by atoms with van der Waals surface area (Å²) in [4.78, 5) is 1.89. The van der Waals surface area contributed by atoms with Gasteiger partial charge in [0.2, 0.25) is 0 Å². The van der Waals surface area contributed by atoms with Crippen molar-refractivity contribution in [1.82, 2.24) is 4.90 Å². The van der Waals surface area contributed by atoms with Crippen LogP contribution in [0.5, 0.6) is 0 Å². The second-order valence-electron chi connectivity index (χ2n) is 4.48. The third-order valence-corrected chi connectivity index (χ3v) is 2.73. The number of morpholine rings is 1. The van der Waals surface area contributed by atoms with E-state index in [1.807, 2.05) is 18.7 Å². The van der Waals surface area contributed by atoms with Gasteiger partial charge in [0.25, 0.3) is 0 Å². The largest absolute Gasteiger partial charge is 0.396 e. The molecule has 0 unspecified atom stereocenters. The minimum atomic E-state index is -0.715. The highest BCUT2D eigenvalue weighted by molar-refractivity contribution is 5.26. The molecule has 0 spiro atoms. The van der Waals surface area contributed by atoms with Gasteiger partial charge >= 0.3 is 0 Å². The number of nitrogens with two attached hydrogens (primary N) is 1. The Morgan fingerprint density at radius 2 is 1.94 bits per heavy atom. The van der Waals surface area contributed by atoms with E-state index in [4.69, 9.17) is 10.5 Å². The van der Waals surface area contributed by atoms with Crippen LogP contribution in [0.15, 0.2) is 36.0 Å². The van der Waals surface area contributed by atoms with Crippen molar-refractivity contribution in [2.45, 2.75) is 26.1 Å². The highest BCUT2D eigenvalue weighted by Crippen LogP contribution is 2.16. The summed E-state index contributed by atoms with van der Waals surface area (Å²) in [5, 5.41) is 0. The maximum atomic E-state index is 13.0. The van der Waals surface area contributed by atoms with Crippen LogP contribution in [-0.2, 0) is 4.74 Å². The van der Waals surface area contributed by atoms with Crippen molar-refractivity contribution in [3.8, 4) is 0 Å². The monoisotopic (exact) mass is 258 g/mol. The Hall–Kier alpha value is -1.36. The standard InChI is InChI=1S/C13H20F2N2O/c1-9-7-17(8-10(2)18-9)12(6-14)4-5-13(16)11(3)15/h4-5,9-10H,3,6-8,16H2,1-2H3/b12-4+,13-5+/t9-,10+. The summed E-state index contributed by atoms with van der Waals surface area (Å²) in [6.07, 6.45) is 2.91. The zero-order valence-electron chi connectivity index (χ0n) is 10.8. The summed E-state index contributed by atoms with van der Waals surface area (Å²) < 4.78 is 31.3. The van der Waals surface area contributed by atoms with E-state index in [1.54, 1.807) is 0 Å². The first-order valence-electron chi connectivity index (χ1n) is 5.91. The summed E-state index contributed by atoms with van der Waals surface area (Å²) >= 11 is 0. The first kappa shape index (κ1) is 14.7. The van der Waals surface area contributed by atoms with E-state index in [2.05, 4.69) is 6.58 Å². The summed E-state index contributed by atoms with van der Waals surface area (Å²) in [7, 11) is 0. The quantitative estimate of drug-likeness (QED) is 0.786. The van der Waals surface area contributed by atoms with Crippen LogP contribution in [0.2, 0.25) is 0 Å². The Labute approximate surface area is 107 Å². The molecule has 1 saturated heterocycles. The number of alkyl halides is 1. The minimum Gasteiger partial charge on any atom is -0.396 e. The van der Waals surface area contributed by atoms with Crippen LogP contribution in [0.25, 0.3) is 0 Å². The van der Waals surface area contributed by atoms with E-state index in [0.717, 1.165) is 0 Å². The molecule has 102 valence electrons. The molecular weight excluding hydrogens is 238 g/mol. The van der Waals surface area contributed by atoms with Crippen molar-refractivity contribution >= 4 is 0 Å². The lowest BCUT2D eigenvalue weighted by Gasteiger charge is -2.37. The molecule has 0 radical (unpaired) electrons. The molecule has 0 saturated carbocycles. The molecule has 1 aliphatic heterocycles. The average Bonchev–Trinajstić information content (AvgIpc) is 2.28. The molecule has 0 aromatic carbocycles. The summed E-state index contributed by atoms with van der Waals surface area (Å²) in [5.41, 5.74) is 5.77. The fourth-order valence-corrected chi connectivity index (χ4v) is 1.92. The first-order chi connectivity index (χ1) is 8.43. The summed E-state index contributed by atoms with van der Waals surface area (Å²) in [6.45, 7) is 7.56. The van der Waals surface area contributed by atoms with E-state index in [-0.39, 0.29) is 17.9 Å². The van der Waals surface area contributed by atoms with Gasteiger partial charge in [-0.25, -0.2) is 8.78 Å². The van der Waals surface area contributed by atoms with Gasteiger partial charge in [-0.05, 0) is 26.0 Å². The Morgan fingerprint density at radius 1 is 1.39 bits per heavy atom. The lowest BCUT2D eigenvalue weighted by atomic mass is 10.2. The van der Waals surface area contributed by atoms with Crippen LogP contribution in [0.3, 0.4) is 0 Å². The number of allylic oxidation sites excluding steroid dienone is 4. The number of halogens is 2. The Kier molecular flexibility index (Phi) is 5.34. The van der Waals surface area contributed by atoms with Gasteiger partial charge in [0.15, 0.2) is 0 Å². The van der Waals surface area contributed by atoms with E-state index in [9.17, 15) is 8.78 Å². The predicted molar refractivity (Wildman–Crippen MR) is 68.2 cm³/mol. The topological polar surface area (TPSA) is 38.5 Å². The van der Waals surface area contributed by atoms with Crippen LogP contribution >= 0.6 is 0 Å². The highest BCUT2D eigenvalue weighted by Gasteiger charge is 2.23. The number of rotatable bonds is 4. The Balaban J connectivity index is 2.79. The first-order valence-corrected chi connectivity index (χ1v) is 5.91. The molecule has 0 amide bonds. The smallest absolute Gasteiger partial charge is 0.138 e. The molecule has 2 atom stereocenters. The molecule has 1 rings (SSSR count). The molecule has 18 heavy (non-hydrogen) atoms. The van der Waals surface area contributed by atoms with E-state index < -0.39 is 12.5 Å². The normalized spacial score (nSPS) is 26.3. The molecule has 1 aliphatic rings. The second kappa shape index (κ2) is 6.54. The summed E-state index contributed by atoms with van der Waals surface area (Å²) in [6, 6.07) is 0. The van der Waals surface area contributed by atoms with Crippen LogP contribution in [0, 0.1) is 0 Å². The number of ether oxygens (including phenoxy) is 1. The van der Waals surface area contributed by atoms with E-state index in [0.29, 0.717) is 18.8 Å². The lowest BCUT2D eigenvalue weighted by Crippen LogP contribution is -2.45. The molecule has 3 nitrogen and oxygen atoms in total. The maximum Gasteiger partial charge on any atom is 0.138 e. The number of hydrogen-bond donors (Lipinski definition) is 1. The zero-order chi connectivity index (χ0) is 13.7. The second-order valence-corrected chi connectivity index (χ2v) is 4.48. The van der Waals surface area contributed by atoms with Gasteiger partial charge in [-0.1, -0.05) is 6.58 Å². The zero-order valence-corrected chi connectivity index (χ0v) is 10.8. The van der Waals surface area contributed by atoms with E-state index in [1.165, 1.54) is 12.2 Å². The van der Waals surface area contributed by atoms with Crippen molar-refractivity contribution in [1.29, 1.82) is 0 Å². The van der Waals surface area contributed by atoms with Crippen molar-refractivity contribution in [2.24, 2.45) is 5.73 Å². The molecule has 0 bridgehead atoms. The maximum absolute atomic E-state index is 13.0. The third kappa shape index (κ3) is 4.14. The van der Waals surface area contributed by atoms with Crippen molar-refractivity contribution in [2.75, 3.05) is 19.8 Å². The molecule has 1 heterocycles. The van der Waals surface area contributed by atoms with Gasteiger partial charge in [0, 0.05) is 18.8 Å². The molecule has 0 aromatic heterocycles. The number of nitrogens with zero attached hydrogens (tertiary/aromatic N) is 1. The molecule has 0 aliphatic carbocycles. The molecule has 5 heteroatoms. The van der Waals surface area contributed by atoms with Crippen molar-refractivity contribution < 1.29 is 13.5 Å². The average molecular weight is 258 g/mol. The Morgan fingerprint density at radius 3 is 2.39 bits per heavy atom. The van der Waals surface area contributed by atoms with Gasteiger partial charge in [0.1, 0.15) is 12.5 Å². The fourth-order valence-electron chi connectivity index (χ4n) is 1.92. The van der Waals surface area contributed by atoms with Gasteiger partial charge in [-0.3, -0.25) is 0 Å². The van der Waals surface area contributed by atoms with Crippen LogP contribution < -0.4 is 5.73 Å². The minimum absolute atomic E-state index is 0.0427. The van der Waals surface area contributed by atoms with Gasteiger partial charge in [0.05, 0.1) is 17.9 Å². The predicted octanol–water partition coefficient (Wildman–Crippen LogP) is 2.27. The fraction of sp³-hybridized carbons (Fsp3) is 0.538. The van der Waals surface area contributed by atoms with Gasteiger partial charge in [-0.15, -0.1) is 0 Å². The highest BCUT2D eigenvalue weighted by atomic mass is 19.1. The van der Waals surface area contributed by atoms with Gasteiger partial charge < -0.3 is 15.4 Å². The van der Waals surface area contributed by atoms with Gasteiger partial charge in [-0.2, -0.15) is 0 Å². The van der Waals surface area contributed by atoms with Crippen molar-refractivity contribution in [3.05, 3.63) is 36.0 Å².